The number of hydrogen-bond acceptors (Lipinski definition) is 6. The van der Waals surface area contributed by atoms with Gasteiger partial charge in [0.25, 0.3) is 0 Å². The molecule has 0 amide bonds. The van der Waals surface area contributed by atoms with Crippen LogP contribution in [-0.2, 0) is 0 Å². The van der Waals surface area contributed by atoms with Crippen molar-refractivity contribution in [3.8, 4) is 0 Å². The van der Waals surface area contributed by atoms with Crippen LogP contribution in [0.25, 0.3) is 0 Å². The van der Waals surface area contributed by atoms with Crippen LogP contribution in [0.3, 0.4) is 0 Å². The minimum atomic E-state index is -0.384. The topological polar surface area (TPSA) is 84.2 Å². The SMILES string of the molecule is CC(C)c1ccc(Nc2ncnc(N3CCCCCC3)c2[N+](=O)[O-])cc1. The van der Waals surface area contributed by atoms with Gasteiger partial charge in [-0.2, -0.15) is 0 Å². The Morgan fingerprint density at radius 2 is 1.73 bits per heavy atom. The Morgan fingerprint density at radius 3 is 2.31 bits per heavy atom. The van der Waals surface area contributed by atoms with Crippen molar-refractivity contribution in [1.29, 1.82) is 0 Å². The van der Waals surface area contributed by atoms with Gasteiger partial charge in [0.05, 0.1) is 4.92 Å². The fourth-order valence-corrected chi connectivity index (χ4v) is 3.23. The number of rotatable bonds is 5. The highest BCUT2D eigenvalue weighted by molar-refractivity contribution is 5.74. The second-order valence-electron chi connectivity index (χ2n) is 6.95. The maximum absolute atomic E-state index is 11.8. The Kier molecular flexibility index (Phi) is 5.65. The number of nitrogens with zero attached hydrogens (tertiary/aromatic N) is 4. The predicted octanol–water partition coefficient (Wildman–Crippen LogP) is 4.63. The molecule has 0 saturated carbocycles. The molecular weight excluding hydrogens is 330 g/mol. The average Bonchev–Trinajstić information content (AvgIpc) is 2.91. The Labute approximate surface area is 153 Å². The van der Waals surface area contributed by atoms with Crippen LogP contribution in [0, 0.1) is 10.1 Å². The van der Waals surface area contributed by atoms with Gasteiger partial charge in [-0.25, -0.2) is 9.97 Å². The molecule has 0 radical (unpaired) electrons. The van der Waals surface area contributed by atoms with Gasteiger partial charge in [-0.05, 0) is 36.5 Å². The largest absolute Gasteiger partial charge is 0.353 e. The molecule has 1 aliphatic heterocycles. The zero-order valence-electron chi connectivity index (χ0n) is 15.3. The van der Waals surface area contributed by atoms with Crippen molar-refractivity contribution >= 4 is 23.0 Å². The third-order valence-electron chi connectivity index (χ3n) is 4.73. The number of anilines is 3. The van der Waals surface area contributed by atoms with E-state index < -0.39 is 0 Å². The van der Waals surface area contributed by atoms with Crippen molar-refractivity contribution in [2.24, 2.45) is 0 Å². The molecule has 2 aromatic rings. The number of aromatic nitrogens is 2. The Balaban J connectivity index is 1.91. The first-order valence-electron chi connectivity index (χ1n) is 9.17. The number of benzene rings is 1. The Hall–Kier alpha value is -2.70. The van der Waals surface area contributed by atoms with Crippen LogP contribution >= 0.6 is 0 Å². The van der Waals surface area contributed by atoms with Crippen LogP contribution in [-0.4, -0.2) is 28.0 Å². The molecule has 0 unspecified atom stereocenters. The molecule has 0 atom stereocenters. The Bertz CT molecular complexity index is 753. The summed E-state index contributed by atoms with van der Waals surface area (Å²) in [7, 11) is 0. The van der Waals surface area contributed by atoms with Crippen LogP contribution in [0.1, 0.15) is 51.0 Å². The van der Waals surface area contributed by atoms with Crippen molar-refractivity contribution in [3.05, 3.63) is 46.3 Å². The van der Waals surface area contributed by atoms with Gasteiger partial charge >= 0.3 is 5.69 Å². The molecule has 138 valence electrons. The maximum atomic E-state index is 11.8. The van der Waals surface area contributed by atoms with E-state index in [4.69, 9.17) is 0 Å². The third kappa shape index (κ3) is 4.09. The molecule has 1 aromatic carbocycles. The fourth-order valence-electron chi connectivity index (χ4n) is 3.23. The zero-order valence-corrected chi connectivity index (χ0v) is 15.3. The molecule has 3 rings (SSSR count). The van der Waals surface area contributed by atoms with Crippen LogP contribution < -0.4 is 10.2 Å². The van der Waals surface area contributed by atoms with E-state index in [1.54, 1.807) is 0 Å². The first kappa shape index (κ1) is 18.1. The summed E-state index contributed by atoms with van der Waals surface area (Å²) in [6.07, 6.45) is 5.77. The van der Waals surface area contributed by atoms with Gasteiger partial charge < -0.3 is 10.2 Å². The predicted molar refractivity (Wildman–Crippen MR) is 103 cm³/mol. The number of nitro groups is 1. The minimum Gasteiger partial charge on any atom is -0.351 e. The van der Waals surface area contributed by atoms with Crippen molar-refractivity contribution in [3.63, 3.8) is 0 Å². The summed E-state index contributed by atoms with van der Waals surface area (Å²) in [5, 5.41) is 14.9. The van der Waals surface area contributed by atoms with Gasteiger partial charge in [-0.15, -0.1) is 0 Å². The maximum Gasteiger partial charge on any atom is 0.353 e. The molecule has 0 spiro atoms. The molecule has 1 N–H and O–H groups in total. The fraction of sp³-hybridized carbons (Fsp3) is 0.474. The quantitative estimate of drug-likeness (QED) is 0.622. The van der Waals surface area contributed by atoms with Gasteiger partial charge in [-0.1, -0.05) is 38.8 Å². The highest BCUT2D eigenvalue weighted by atomic mass is 16.6. The Morgan fingerprint density at radius 1 is 1.08 bits per heavy atom. The van der Waals surface area contributed by atoms with Gasteiger partial charge in [0.1, 0.15) is 6.33 Å². The van der Waals surface area contributed by atoms with Gasteiger partial charge in [-0.3, -0.25) is 10.1 Å². The van der Waals surface area contributed by atoms with Gasteiger partial charge in [0, 0.05) is 18.8 Å². The molecule has 7 nitrogen and oxygen atoms in total. The average molecular weight is 355 g/mol. The number of nitrogens with one attached hydrogen (secondary N) is 1. The normalized spacial score (nSPS) is 15.0. The molecule has 0 aliphatic carbocycles. The van der Waals surface area contributed by atoms with Gasteiger partial charge in [0.2, 0.25) is 11.6 Å². The molecule has 1 aromatic heterocycles. The summed E-state index contributed by atoms with van der Waals surface area (Å²) in [4.78, 5) is 21.8. The highest BCUT2D eigenvalue weighted by Crippen LogP contribution is 2.34. The van der Waals surface area contributed by atoms with E-state index in [1.165, 1.54) is 11.9 Å². The molecule has 1 saturated heterocycles. The van der Waals surface area contributed by atoms with E-state index in [2.05, 4.69) is 29.1 Å². The molecular formula is C19H25N5O2. The second-order valence-corrected chi connectivity index (χ2v) is 6.95. The summed E-state index contributed by atoms with van der Waals surface area (Å²) in [6.45, 7) is 5.84. The van der Waals surface area contributed by atoms with Crippen LogP contribution in [0.15, 0.2) is 30.6 Å². The van der Waals surface area contributed by atoms with Gasteiger partial charge in [0.15, 0.2) is 0 Å². The summed E-state index contributed by atoms with van der Waals surface area (Å²) in [5.41, 5.74) is 1.94. The molecule has 1 aliphatic rings. The zero-order chi connectivity index (χ0) is 18.5. The smallest absolute Gasteiger partial charge is 0.351 e. The number of hydrogen-bond donors (Lipinski definition) is 1. The van der Waals surface area contributed by atoms with E-state index in [-0.39, 0.29) is 16.4 Å². The van der Waals surface area contributed by atoms with Crippen molar-refractivity contribution in [2.45, 2.75) is 45.4 Å². The highest BCUT2D eigenvalue weighted by Gasteiger charge is 2.27. The first-order chi connectivity index (χ1) is 12.6. The standard InChI is InChI=1S/C19H25N5O2/c1-14(2)15-7-9-16(10-8-15)22-18-17(24(25)26)19(21-13-20-18)23-11-5-3-4-6-12-23/h7-10,13-14H,3-6,11-12H2,1-2H3,(H,20,21,22). The minimum absolute atomic E-state index is 0.0534. The second kappa shape index (κ2) is 8.12. The van der Waals surface area contributed by atoms with Crippen molar-refractivity contribution < 1.29 is 4.92 Å². The van der Waals surface area contributed by atoms with E-state index in [9.17, 15) is 10.1 Å². The first-order valence-corrected chi connectivity index (χ1v) is 9.17. The monoisotopic (exact) mass is 355 g/mol. The lowest BCUT2D eigenvalue weighted by Crippen LogP contribution is -2.26. The summed E-state index contributed by atoms with van der Waals surface area (Å²) < 4.78 is 0. The van der Waals surface area contributed by atoms with E-state index in [0.29, 0.717) is 11.7 Å². The molecule has 1 fully saturated rings. The van der Waals surface area contributed by atoms with Crippen LogP contribution in [0.5, 0.6) is 0 Å². The van der Waals surface area contributed by atoms with E-state index in [1.807, 2.05) is 29.2 Å². The van der Waals surface area contributed by atoms with Crippen molar-refractivity contribution in [2.75, 3.05) is 23.3 Å². The van der Waals surface area contributed by atoms with E-state index in [0.717, 1.165) is 44.5 Å². The van der Waals surface area contributed by atoms with E-state index >= 15 is 0 Å². The molecule has 26 heavy (non-hydrogen) atoms. The summed E-state index contributed by atoms with van der Waals surface area (Å²) >= 11 is 0. The van der Waals surface area contributed by atoms with Crippen molar-refractivity contribution in [1.82, 2.24) is 9.97 Å². The molecule has 0 bridgehead atoms. The molecule has 7 heteroatoms. The third-order valence-corrected chi connectivity index (χ3v) is 4.73. The lowest BCUT2D eigenvalue weighted by Gasteiger charge is -2.21. The lowest BCUT2D eigenvalue weighted by molar-refractivity contribution is -0.383. The summed E-state index contributed by atoms with van der Waals surface area (Å²) in [6, 6.07) is 7.89. The van der Waals surface area contributed by atoms with Crippen LogP contribution in [0.2, 0.25) is 0 Å². The lowest BCUT2D eigenvalue weighted by atomic mass is 10.0. The summed E-state index contributed by atoms with van der Waals surface area (Å²) in [5.74, 6) is 1.09. The van der Waals surface area contributed by atoms with Crippen LogP contribution in [0.4, 0.5) is 23.0 Å². The molecule has 2 heterocycles.